The molecule has 0 atom stereocenters. The maximum absolute atomic E-state index is 11.0. The first kappa shape index (κ1) is 19.9. The van der Waals surface area contributed by atoms with Gasteiger partial charge in [-0.1, -0.05) is 69.8 Å². The number of nitrogens with one attached hydrogen (secondary N) is 1. The minimum Gasteiger partial charge on any atom is -0.359 e. The molecule has 0 rings (SSSR count). The molecule has 122 valence electrons. The minimum atomic E-state index is 0.169. The first-order valence-corrected chi connectivity index (χ1v) is 8.83. The van der Waals surface area contributed by atoms with Crippen molar-refractivity contribution in [1.29, 1.82) is 0 Å². The molecule has 2 nitrogen and oxygen atoms in total. The van der Waals surface area contributed by atoms with Crippen LogP contribution in [0.1, 0.15) is 84.0 Å². The molecule has 0 spiro atoms. The van der Waals surface area contributed by atoms with Crippen LogP contribution in [0.2, 0.25) is 0 Å². The summed E-state index contributed by atoms with van der Waals surface area (Å²) in [5.41, 5.74) is 0. The predicted molar refractivity (Wildman–Crippen MR) is 93.4 cm³/mol. The summed E-state index contributed by atoms with van der Waals surface area (Å²) in [6.07, 6.45) is 23.4. The number of hydrogen-bond acceptors (Lipinski definition) is 1. The Balaban J connectivity index is 3.19. The molecule has 0 unspecified atom stereocenters. The SMILES string of the molecule is CCCCC/C=C\C=C\CCCCCCCCC(=O)NC. The van der Waals surface area contributed by atoms with E-state index >= 15 is 0 Å². The summed E-state index contributed by atoms with van der Waals surface area (Å²) in [5, 5.41) is 2.66. The Bertz CT molecular complexity index is 281. The van der Waals surface area contributed by atoms with Gasteiger partial charge in [-0.2, -0.15) is 0 Å². The van der Waals surface area contributed by atoms with Gasteiger partial charge in [0.05, 0.1) is 0 Å². The van der Waals surface area contributed by atoms with Gasteiger partial charge < -0.3 is 5.32 Å². The van der Waals surface area contributed by atoms with E-state index in [1.54, 1.807) is 7.05 Å². The Labute approximate surface area is 132 Å². The fourth-order valence-electron chi connectivity index (χ4n) is 2.24. The van der Waals surface area contributed by atoms with E-state index in [1.165, 1.54) is 64.2 Å². The molecule has 0 radical (unpaired) electrons. The summed E-state index contributed by atoms with van der Waals surface area (Å²) in [6.45, 7) is 2.24. The van der Waals surface area contributed by atoms with Crippen molar-refractivity contribution in [2.45, 2.75) is 84.0 Å². The van der Waals surface area contributed by atoms with Gasteiger partial charge >= 0.3 is 0 Å². The van der Waals surface area contributed by atoms with Crippen LogP contribution >= 0.6 is 0 Å². The molecule has 0 aliphatic heterocycles. The van der Waals surface area contributed by atoms with Crippen molar-refractivity contribution in [2.24, 2.45) is 0 Å². The summed E-state index contributed by atoms with van der Waals surface area (Å²) >= 11 is 0. The third-order valence-electron chi connectivity index (χ3n) is 3.66. The van der Waals surface area contributed by atoms with Crippen molar-refractivity contribution in [3.05, 3.63) is 24.3 Å². The van der Waals surface area contributed by atoms with Crippen LogP contribution in [0.25, 0.3) is 0 Å². The van der Waals surface area contributed by atoms with E-state index < -0.39 is 0 Å². The van der Waals surface area contributed by atoms with Gasteiger partial charge in [-0.3, -0.25) is 4.79 Å². The average Bonchev–Trinajstić information content (AvgIpc) is 2.50. The van der Waals surface area contributed by atoms with E-state index in [0.29, 0.717) is 6.42 Å². The summed E-state index contributed by atoms with van der Waals surface area (Å²) in [5.74, 6) is 0.169. The predicted octanol–water partition coefficient (Wildman–Crippen LogP) is 5.55. The van der Waals surface area contributed by atoms with Crippen molar-refractivity contribution in [2.75, 3.05) is 7.05 Å². The van der Waals surface area contributed by atoms with E-state index in [9.17, 15) is 4.79 Å². The summed E-state index contributed by atoms with van der Waals surface area (Å²) in [7, 11) is 1.70. The van der Waals surface area contributed by atoms with Gasteiger partial charge in [0.1, 0.15) is 0 Å². The van der Waals surface area contributed by atoms with Crippen LogP contribution in [0, 0.1) is 0 Å². The van der Waals surface area contributed by atoms with Gasteiger partial charge in [-0.15, -0.1) is 0 Å². The lowest BCUT2D eigenvalue weighted by Crippen LogP contribution is -2.16. The van der Waals surface area contributed by atoms with Crippen LogP contribution in [0.3, 0.4) is 0 Å². The van der Waals surface area contributed by atoms with E-state index in [4.69, 9.17) is 0 Å². The highest BCUT2D eigenvalue weighted by atomic mass is 16.1. The first-order valence-electron chi connectivity index (χ1n) is 8.83. The summed E-state index contributed by atoms with van der Waals surface area (Å²) in [4.78, 5) is 11.0. The van der Waals surface area contributed by atoms with Gasteiger partial charge in [0, 0.05) is 13.5 Å². The largest absolute Gasteiger partial charge is 0.359 e. The van der Waals surface area contributed by atoms with Gasteiger partial charge in [0.25, 0.3) is 0 Å². The number of amides is 1. The molecular weight excluding hydrogens is 258 g/mol. The molecule has 0 bridgehead atoms. The summed E-state index contributed by atoms with van der Waals surface area (Å²) in [6, 6.07) is 0. The maximum Gasteiger partial charge on any atom is 0.219 e. The highest BCUT2D eigenvalue weighted by Crippen LogP contribution is 2.09. The Morgan fingerprint density at radius 2 is 1.33 bits per heavy atom. The minimum absolute atomic E-state index is 0.169. The maximum atomic E-state index is 11.0. The zero-order valence-electron chi connectivity index (χ0n) is 14.2. The van der Waals surface area contributed by atoms with Crippen molar-refractivity contribution in [3.63, 3.8) is 0 Å². The van der Waals surface area contributed by atoms with E-state index in [0.717, 1.165) is 6.42 Å². The third-order valence-corrected chi connectivity index (χ3v) is 3.66. The Kier molecular flexibility index (Phi) is 16.2. The fourth-order valence-corrected chi connectivity index (χ4v) is 2.24. The second-order valence-electron chi connectivity index (χ2n) is 5.69. The lowest BCUT2D eigenvalue weighted by Gasteiger charge is -2.00. The zero-order valence-corrected chi connectivity index (χ0v) is 14.2. The fraction of sp³-hybridized carbons (Fsp3) is 0.737. The van der Waals surface area contributed by atoms with E-state index in [-0.39, 0.29) is 5.91 Å². The van der Waals surface area contributed by atoms with Crippen LogP contribution < -0.4 is 5.32 Å². The van der Waals surface area contributed by atoms with Gasteiger partial charge in [0.15, 0.2) is 0 Å². The van der Waals surface area contributed by atoms with Crippen LogP contribution in [0.5, 0.6) is 0 Å². The van der Waals surface area contributed by atoms with E-state index in [1.807, 2.05) is 0 Å². The molecular formula is C19H35NO. The van der Waals surface area contributed by atoms with Gasteiger partial charge in [0.2, 0.25) is 5.91 Å². The lowest BCUT2D eigenvalue weighted by molar-refractivity contribution is -0.120. The lowest BCUT2D eigenvalue weighted by atomic mass is 10.1. The normalized spacial score (nSPS) is 11.5. The van der Waals surface area contributed by atoms with Gasteiger partial charge in [-0.05, 0) is 32.1 Å². The first-order chi connectivity index (χ1) is 10.3. The quantitative estimate of drug-likeness (QED) is 0.330. The number of carbonyl (C=O) groups is 1. The molecule has 0 heterocycles. The highest BCUT2D eigenvalue weighted by Gasteiger charge is 1.96. The Morgan fingerprint density at radius 1 is 0.810 bits per heavy atom. The molecule has 0 saturated carbocycles. The van der Waals surface area contributed by atoms with Crippen LogP contribution in [0.4, 0.5) is 0 Å². The molecule has 1 amide bonds. The van der Waals surface area contributed by atoms with Crippen LogP contribution in [-0.2, 0) is 4.79 Å². The van der Waals surface area contributed by atoms with Gasteiger partial charge in [-0.25, -0.2) is 0 Å². The standard InChI is InChI=1S/C19H35NO/c1-3-4-5-6-7-8-9-10-11-12-13-14-15-16-17-18-19(21)20-2/h7-10H,3-6,11-18H2,1-2H3,(H,20,21)/b8-7-,10-9+. The molecule has 0 aromatic carbocycles. The molecule has 21 heavy (non-hydrogen) atoms. The molecule has 0 aromatic rings. The number of unbranched alkanes of at least 4 members (excludes halogenated alkanes) is 9. The molecule has 0 aliphatic rings. The number of hydrogen-bond donors (Lipinski definition) is 1. The van der Waals surface area contributed by atoms with Crippen molar-refractivity contribution >= 4 is 5.91 Å². The second-order valence-corrected chi connectivity index (χ2v) is 5.69. The number of rotatable bonds is 14. The average molecular weight is 293 g/mol. The molecule has 0 aromatic heterocycles. The summed E-state index contributed by atoms with van der Waals surface area (Å²) < 4.78 is 0. The van der Waals surface area contributed by atoms with Crippen molar-refractivity contribution < 1.29 is 4.79 Å². The van der Waals surface area contributed by atoms with E-state index in [2.05, 4.69) is 36.5 Å². The molecule has 2 heteroatoms. The molecule has 0 saturated heterocycles. The second kappa shape index (κ2) is 17.0. The Morgan fingerprint density at radius 3 is 1.90 bits per heavy atom. The smallest absolute Gasteiger partial charge is 0.219 e. The monoisotopic (exact) mass is 293 g/mol. The van der Waals surface area contributed by atoms with Crippen molar-refractivity contribution in [1.82, 2.24) is 5.32 Å². The molecule has 0 aliphatic carbocycles. The number of allylic oxidation sites excluding steroid dienone is 4. The third kappa shape index (κ3) is 16.9. The molecule has 0 fully saturated rings. The van der Waals surface area contributed by atoms with Crippen LogP contribution in [-0.4, -0.2) is 13.0 Å². The Hall–Kier alpha value is -1.05. The topological polar surface area (TPSA) is 29.1 Å². The highest BCUT2D eigenvalue weighted by molar-refractivity contribution is 5.75. The number of carbonyl (C=O) groups excluding carboxylic acids is 1. The van der Waals surface area contributed by atoms with Crippen LogP contribution in [0.15, 0.2) is 24.3 Å². The molecule has 1 N–H and O–H groups in total. The zero-order chi connectivity index (χ0) is 15.6. The van der Waals surface area contributed by atoms with Crippen molar-refractivity contribution in [3.8, 4) is 0 Å².